The van der Waals surface area contributed by atoms with Gasteiger partial charge in [-0.05, 0) is 77.4 Å². The maximum Gasteiger partial charge on any atom is 0.407 e. The largest absolute Gasteiger partial charge is 0.508 e. The van der Waals surface area contributed by atoms with Crippen LogP contribution in [0.4, 0.5) is 9.59 Å². The second-order valence-corrected chi connectivity index (χ2v) is 11.6. The quantitative estimate of drug-likeness (QED) is 0.193. The number of nitrogens with one attached hydrogen (secondary N) is 4. The van der Waals surface area contributed by atoms with Gasteiger partial charge < -0.3 is 40.6 Å². The predicted octanol–water partition coefficient (Wildman–Crippen LogP) is 4.94. The number of esters is 1. The molecule has 14 heteroatoms. The molecular weight excluding hydrogens is 620 g/mol. The Balaban J connectivity index is 0.00000158. The second-order valence-electron chi connectivity index (χ2n) is 11.2. The summed E-state index contributed by atoms with van der Waals surface area (Å²) < 4.78 is 14.6. The molecule has 0 aromatic heterocycles. The molecule has 0 aliphatic rings. The molecule has 0 fully saturated rings. The zero-order valence-electron chi connectivity index (χ0n) is 28.1. The van der Waals surface area contributed by atoms with E-state index in [1.165, 1.54) is 37.4 Å². The third-order valence-corrected chi connectivity index (χ3v) is 5.40. The summed E-state index contributed by atoms with van der Waals surface area (Å²) in [6.45, 7) is 14.4. The van der Waals surface area contributed by atoms with Crippen molar-refractivity contribution in [1.29, 1.82) is 0 Å². The third kappa shape index (κ3) is 17.1. The lowest BCUT2D eigenvalue weighted by molar-refractivity contribution is -0.142. The molecule has 256 valence electrons. The number of methoxy groups -OCH3 is 1. The number of phenols is 1. The Kier molecular flexibility index (Phi) is 17.8. The highest BCUT2D eigenvalue weighted by Gasteiger charge is 2.25. The summed E-state index contributed by atoms with van der Waals surface area (Å²) in [5.74, 6) is -1.84. The van der Waals surface area contributed by atoms with Crippen molar-refractivity contribution < 1.29 is 43.3 Å². The van der Waals surface area contributed by atoms with Crippen LogP contribution in [-0.4, -0.2) is 73.0 Å². The molecule has 2 aromatic rings. The molecule has 2 aromatic carbocycles. The molecule has 0 heterocycles. The highest BCUT2D eigenvalue weighted by atomic mass is 35.5. The van der Waals surface area contributed by atoms with E-state index in [0.29, 0.717) is 5.56 Å². The number of carbonyl (C=O) groups is 5. The maximum atomic E-state index is 12.7. The Bertz CT molecular complexity index is 1320. The molecule has 0 saturated heterocycles. The van der Waals surface area contributed by atoms with Crippen LogP contribution in [0.15, 0.2) is 42.5 Å². The van der Waals surface area contributed by atoms with Gasteiger partial charge in [0.25, 0.3) is 11.8 Å². The summed E-state index contributed by atoms with van der Waals surface area (Å²) in [5, 5.41) is 19.4. The zero-order valence-corrected chi connectivity index (χ0v) is 28.9. The molecule has 0 aliphatic carbocycles. The first-order valence-corrected chi connectivity index (χ1v) is 14.8. The normalized spacial score (nSPS) is 11.1. The zero-order chi connectivity index (χ0) is 35.7. The highest BCUT2D eigenvalue weighted by Crippen LogP contribution is 2.19. The number of ether oxygens (including phenoxy) is 3. The Morgan fingerprint density at radius 3 is 1.91 bits per heavy atom. The van der Waals surface area contributed by atoms with Gasteiger partial charge in [-0.2, -0.15) is 0 Å². The van der Waals surface area contributed by atoms with Crippen LogP contribution < -0.4 is 21.3 Å². The van der Waals surface area contributed by atoms with E-state index in [1.54, 1.807) is 32.9 Å². The van der Waals surface area contributed by atoms with Crippen molar-refractivity contribution in [1.82, 2.24) is 21.3 Å². The number of hydrogen-bond acceptors (Lipinski definition) is 9. The van der Waals surface area contributed by atoms with Crippen LogP contribution in [0.2, 0.25) is 5.02 Å². The number of aromatic hydroxyl groups is 1. The summed E-state index contributed by atoms with van der Waals surface area (Å²) in [6.07, 6.45) is -1.15. The van der Waals surface area contributed by atoms with E-state index < -0.39 is 35.5 Å². The lowest BCUT2D eigenvalue weighted by Crippen LogP contribution is -2.49. The molecule has 5 N–H and O–H groups in total. The molecular formula is C32H47ClN4O9. The van der Waals surface area contributed by atoms with Crippen LogP contribution in [0.3, 0.4) is 0 Å². The van der Waals surface area contributed by atoms with Crippen LogP contribution in [0.25, 0.3) is 0 Å². The van der Waals surface area contributed by atoms with E-state index in [9.17, 15) is 29.1 Å². The van der Waals surface area contributed by atoms with Gasteiger partial charge in [-0.1, -0.05) is 37.6 Å². The molecule has 13 nitrogen and oxygen atoms in total. The summed E-state index contributed by atoms with van der Waals surface area (Å²) in [4.78, 5) is 59.6. The van der Waals surface area contributed by atoms with Crippen LogP contribution in [-0.2, 0) is 25.5 Å². The van der Waals surface area contributed by atoms with Crippen molar-refractivity contribution >= 4 is 41.6 Å². The lowest BCUT2D eigenvalue weighted by atomic mass is 10.1. The molecule has 2 rings (SSSR count). The van der Waals surface area contributed by atoms with Crippen molar-refractivity contribution in [2.75, 3.05) is 20.7 Å². The highest BCUT2D eigenvalue weighted by molar-refractivity contribution is 6.34. The minimum atomic E-state index is -1.21. The van der Waals surface area contributed by atoms with E-state index in [-0.39, 0.29) is 46.7 Å². The molecule has 0 unspecified atom stereocenters. The molecule has 0 bridgehead atoms. The molecule has 1 atom stereocenters. The van der Waals surface area contributed by atoms with Crippen molar-refractivity contribution in [3.8, 4) is 5.75 Å². The van der Waals surface area contributed by atoms with Crippen LogP contribution in [0.1, 0.15) is 81.7 Å². The maximum absolute atomic E-state index is 12.7. The van der Waals surface area contributed by atoms with Crippen molar-refractivity contribution in [2.24, 2.45) is 0 Å². The predicted molar refractivity (Wildman–Crippen MR) is 175 cm³/mol. The van der Waals surface area contributed by atoms with E-state index in [0.717, 1.165) is 7.11 Å². The molecule has 4 amide bonds. The average molecular weight is 667 g/mol. The van der Waals surface area contributed by atoms with Gasteiger partial charge in [-0.15, -0.1) is 0 Å². The monoisotopic (exact) mass is 666 g/mol. The number of carbonyl (C=O) groups excluding carboxylic acids is 5. The summed E-state index contributed by atoms with van der Waals surface area (Å²) in [7, 11) is 2.68. The molecule has 0 radical (unpaired) electrons. The summed E-state index contributed by atoms with van der Waals surface area (Å²) in [6, 6.07) is 9.31. The number of benzene rings is 2. The SMILES string of the molecule is CC.CNC(=O)OC(C)(C)C.COC(=O)[C@H](CNC(=O)OC(C)(C)C)NC(=O)c1ccc(C(=O)NCc2cccc(O)c2)cc1Cl. The van der Waals surface area contributed by atoms with E-state index in [1.807, 2.05) is 34.6 Å². The first-order valence-electron chi connectivity index (χ1n) is 14.5. The van der Waals surface area contributed by atoms with Crippen molar-refractivity contribution in [2.45, 2.75) is 79.2 Å². The smallest absolute Gasteiger partial charge is 0.407 e. The fourth-order valence-corrected chi connectivity index (χ4v) is 3.46. The number of phenolic OH excluding ortho intramolecular Hbond substituents is 1. The molecule has 0 spiro atoms. The van der Waals surface area contributed by atoms with Gasteiger partial charge in [0.15, 0.2) is 0 Å². The van der Waals surface area contributed by atoms with Crippen LogP contribution >= 0.6 is 11.6 Å². The third-order valence-electron chi connectivity index (χ3n) is 5.08. The number of rotatable bonds is 8. The minimum Gasteiger partial charge on any atom is -0.508 e. The minimum absolute atomic E-state index is 0.0161. The number of amides is 4. The Morgan fingerprint density at radius 1 is 0.848 bits per heavy atom. The van der Waals surface area contributed by atoms with Gasteiger partial charge in [0.2, 0.25) is 0 Å². The summed E-state index contributed by atoms with van der Waals surface area (Å²) in [5.41, 5.74) is -0.196. The van der Waals surface area contributed by atoms with E-state index >= 15 is 0 Å². The molecule has 0 saturated carbocycles. The first-order chi connectivity index (χ1) is 21.3. The van der Waals surface area contributed by atoms with Gasteiger partial charge in [-0.3, -0.25) is 9.59 Å². The van der Waals surface area contributed by atoms with Gasteiger partial charge in [-0.25, -0.2) is 14.4 Å². The average Bonchev–Trinajstić information content (AvgIpc) is 2.97. The molecule has 46 heavy (non-hydrogen) atoms. The van der Waals surface area contributed by atoms with Gasteiger partial charge in [0, 0.05) is 19.2 Å². The number of halogens is 1. The number of hydrogen-bond donors (Lipinski definition) is 5. The Morgan fingerprint density at radius 2 is 1.43 bits per heavy atom. The van der Waals surface area contributed by atoms with Gasteiger partial charge >= 0.3 is 18.2 Å². The van der Waals surface area contributed by atoms with Gasteiger partial charge in [0.1, 0.15) is 23.0 Å². The fourth-order valence-electron chi connectivity index (χ4n) is 3.19. The van der Waals surface area contributed by atoms with Crippen LogP contribution in [0.5, 0.6) is 5.75 Å². The summed E-state index contributed by atoms with van der Waals surface area (Å²) >= 11 is 6.22. The van der Waals surface area contributed by atoms with Crippen LogP contribution in [0, 0.1) is 0 Å². The lowest BCUT2D eigenvalue weighted by Gasteiger charge is -2.22. The Hall–Kier alpha value is -4.52. The van der Waals surface area contributed by atoms with Crippen molar-refractivity contribution in [3.63, 3.8) is 0 Å². The van der Waals surface area contributed by atoms with E-state index in [2.05, 4.69) is 26.0 Å². The second kappa shape index (κ2) is 19.8. The topological polar surface area (TPSA) is 181 Å². The molecule has 0 aliphatic heterocycles. The Labute approximate surface area is 275 Å². The first kappa shape index (κ1) is 41.5. The van der Waals surface area contributed by atoms with Crippen molar-refractivity contribution in [3.05, 3.63) is 64.2 Å². The standard InChI is InChI=1S/C24H28ClN3O7.C6H13NO2.C2H6/c1-24(2,3)35-23(33)27-13-19(22(32)34-4)28-21(31)17-9-8-15(11-18(17)25)20(30)26-12-14-6-5-7-16(29)10-14;1-6(2,3)9-5(8)7-4;1-2/h5-11,19,29H,12-13H2,1-4H3,(H,26,30)(H,27,33)(H,28,31);1-4H3,(H,7,8);1-2H3/t19-;;/m0../s1. The number of alkyl carbamates (subject to hydrolysis) is 2. The van der Waals surface area contributed by atoms with E-state index in [4.69, 9.17) is 21.1 Å². The van der Waals surface area contributed by atoms with Gasteiger partial charge in [0.05, 0.1) is 24.2 Å². The fraction of sp³-hybridized carbons (Fsp3) is 0.469.